The topological polar surface area (TPSA) is 12.9 Å². The molecule has 0 aliphatic heterocycles. The average Bonchev–Trinajstić information content (AvgIpc) is 2.50. The molecule has 0 spiro atoms. The Labute approximate surface area is 137 Å². The normalized spacial score (nSPS) is 15.0. The van der Waals surface area contributed by atoms with Gasteiger partial charge >= 0.3 is 0 Å². The highest BCUT2D eigenvalue weighted by atomic mass is 35.5. The highest BCUT2D eigenvalue weighted by Crippen LogP contribution is 2.39. The van der Waals surface area contributed by atoms with E-state index in [1.807, 2.05) is 18.8 Å². The van der Waals surface area contributed by atoms with E-state index in [1.54, 1.807) is 18.7 Å². The molecule has 22 heavy (non-hydrogen) atoms. The predicted molar refractivity (Wildman–Crippen MR) is 89.9 cm³/mol. The van der Waals surface area contributed by atoms with Gasteiger partial charge in [0.2, 0.25) is 0 Å². The molecule has 0 fully saturated rings. The number of rotatable bonds is 2. The van der Waals surface area contributed by atoms with E-state index in [-0.39, 0.29) is 15.9 Å². The van der Waals surface area contributed by atoms with Crippen molar-refractivity contribution < 1.29 is 8.78 Å². The smallest absolute Gasteiger partial charge is 0.137 e. The Bertz CT molecular complexity index is 827. The fraction of sp³-hybridized carbons (Fsp3) is 0.176. The highest BCUT2D eigenvalue weighted by Gasteiger charge is 2.20. The van der Waals surface area contributed by atoms with Crippen molar-refractivity contribution in [3.05, 3.63) is 63.5 Å². The van der Waals surface area contributed by atoms with Crippen LogP contribution < -0.4 is 0 Å². The third kappa shape index (κ3) is 2.55. The van der Waals surface area contributed by atoms with Crippen LogP contribution in [0.15, 0.2) is 29.2 Å². The Morgan fingerprint density at radius 1 is 1.27 bits per heavy atom. The van der Waals surface area contributed by atoms with Crippen LogP contribution >= 0.6 is 23.4 Å². The third-order valence-corrected chi connectivity index (χ3v) is 4.93. The number of allylic oxidation sites excluding steroid dienone is 3. The average molecular weight is 337 g/mol. The van der Waals surface area contributed by atoms with Gasteiger partial charge < -0.3 is 0 Å². The number of fused-ring (bicyclic) bond motifs is 1. The van der Waals surface area contributed by atoms with Crippen molar-refractivity contribution in [2.45, 2.75) is 13.3 Å². The molecule has 1 aromatic carbocycles. The number of thioether (sulfide) groups is 1. The molecule has 1 nitrogen and oxygen atoms in total. The summed E-state index contributed by atoms with van der Waals surface area (Å²) in [7, 11) is 0. The molecule has 0 N–H and O–H groups in total. The van der Waals surface area contributed by atoms with Crippen molar-refractivity contribution in [3.63, 3.8) is 0 Å². The van der Waals surface area contributed by atoms with Crippen molar-refractivity contribution in [2.75, 3.05) is 6.26 Å². The van der Waals surface area contributed by atoms with Gasteiger partial charge in [-0.05, 0) is 31.6 Å². The van der Waals surface area contributed by atoms with Crippen LogP contribution in [-0.2, 0) is 0 Å². The lowest BCUT2D eigenvalue weighted by Crippen LogP contribution is -2.01. The molecule has 0 unspecified atom stereocenters. The Morgan fingerprint density at radius 2 is 2.05 bits per heavy atom. The van der Waals surface area contributed by atoms with E-state index < -0.39 is 11.6 Å². The van der Waals surface area contributed by atoms with Crippen LogP contribution in [0.3, 0.4) is 0 Å². The molecule has 0 bridgehead atoms. The van der Waals surface area contributed by atoms with Gasteiger partial charge in [-0.15, -0.1) is 11.8 Å². The molecule has 2 aromatic rings. The Hall–Kier alpha value is -1.39. The summed E-state index contributed by atoms with van der Waals surface area (Å²) < 4.78 is 27.5. The monoisotopic (exact) mass is 336 g/mol. The largest absolute Gasteiger partial charge is 0.247 e. The molecular formula is C17H13ClF2NS. The second-order valence-electron chi connectivity index (χ2n) is 5.01. The zero-order valence-corrected chi connectivity index (χ0v) is 13.7. The third-order valence-electron chi connectivity index (χ3n) is 3.63. The standard InChI is InChI=1S/C17H13ClF2NS/c1-9-16(18)15-12(20)7-10(19)8-13(15)21-17(9)11-5-3-4-6-14(11)22-2/h3,5-8H,4H2,1-2H3. The van der Waals surface area contributed by atoms with Crippen molar-refractivity contribution in [3.8, 4) is 0 Å². The van der Waals surface area contributed by atoms with Crippen LogP contribution in [0.5, 0.6) is 0 Å². The molecule has 1 aromatic heterocycles. The molecule has 1 radical (unpaired) electrons. The summed E-state index contributed by atoms with van der Waals surface area (Å²) >= 11 is 7.95. The van der Waals surface area contributed by atoms with Gasteiger partial charge in [-0.2, -0.15) is 0 Å². The first-order valence-electron chi connectivity index (χ1n) is 6.76. The maximum absolute atomic E-state index is 14.0. The molecular weight excluding hydrogens is 324 g/mol. The zero-order valence-electron chi connectivity index (χ0n) is 12.1. The van der Waals surface area contributed by atoms with Gasteiger partial charge in [0.25, 0.3) is 0 Å². The summed E-state index contributed by atoms with van der Waals surface area (Å²) in [6.07, 6.45) is 8.97. The molecule has 5 heteroatoms. The van der Waals surface area contributed by atoms with E-state index in [0.717, 1.165) is 23.0 Å². The minimum atomic E-state index is -0.688. The first-order chi connectivity index (χ1) is 10.5. The minimum Gasteiger partial charge on any atom is -0.247 e. The van der Waals surface area contributed by atoms with Gasteiger partial charge in [0.05, 0.1) is 21.6 Å². The number of hydrogen-bond donors (Lipinski definition) is 0. The van der Waals surface area contributed by atoms with Crippen LogP contribution in [0.2, 0.25) is 5.02 Å². The van der Waals surface area contributed by atoms with Crippen molar-refractivity contribution in [1.82, 2.24) is 4.98 Å². The van der Waals surface area contributed by atoms with Gasteiger partial charge in [0, 0.05) is 22.6 Å². The van der Waals surface area contributed by atoms with E-state index in [9.17, 15) is 8.78 Å². The molecule has 0 amide bonds. The summed E-state index contributed by atoms with van der Waals surface area (Å²) in [5.74, 6) is -1.35. The number of benzene rings is 1. The molecule has 113 valence electrons. The van der Waals surface area contributed by atoms with Crippen LogP contribution in [0.4, 0.5) is 8.78 Å². The molecule has 1 aliphatic carbocycles. The fourth-order valence-electron chi connectivity index (χ4n) is 2.57. The zero-order chi connectivity index (χ0) is 15.9. The summed E-state index contributed by atoms with van der Waals surface area (Å²) in [5.41, 5.74) is 2.53. The van der Waals surface area contributed by atoms with Gasteiger partial charge in [0.15, 0.2) is 0 Å². The minimum absolute atomic E-state index is 0.166. The van der Waals surface area contributed by atoms with Crippen molar-refractivity contribution >= 4 is 39.8 Å². The van der Waals surface area contributed by atoms with Gasteiger partial charge in [-0.3, -0.25) is 0 Å². The van der Waals surface area contributed by atoms with E-state index in [1.165, 1.54) is 6.07 Å². The maximum Gasteiger partial charge on any atom is 0.137 e. The Kier molecular flexibility index (Phi) is 4.24. The molecule has 1 heterocycles. The highest BCUT2D eigenvalue weighted by molar-refractivity contribution is 8.03. The van der Waals surface area contributed by atoms with Gasteiger partial charge in [-0.25, -0.2) is 13.8 Å². The summed E-state index contributed by atoms with van der Waals surface area (Å²) in [5, 5.41) is 0.448. The molecule has 3 rings (SSSR count). The quantitative estimate of drug-likeness (QED) is 0.696. The SMILES string of the molecule is CSC1=CC[CH]C=C1c1nc2cc(F)cc(F)c2c(Cl)c1C. The summed E-state index contributed by atoms with van der Waals surface area (Å²) in [6, 6.07) is 2.04. The second kappa shape index (κ2) is 6.01. The van der Waals surface area contributed by atoms with Crippen molar-refractivity contribution in [1.29, 1.82) is 0 Å². The summed E-state index contributed by atoms with van der Waals surface area (Å²) in [6.45, 7) is 1.81. The molecule has 0 saturated heterocycles. The fourth-order valence-corrected chi connectivity index (χ4v) is 3.49. The Balaban J connectivity index is 2.30. The van der Waals surface area contributed by atoms with Crippen LogP contribution in [0.1, 0.15) is 17.7 Å². The predicted octanol–water partition coefficient (Wildman–Crippen LogP) is 5.71. The lowest BCUT2D eigenvalue weighted by molar-refractivity contribution is 0.591. The lowest BCUT2D eigenvalue weighted by atomic mass is 9.99. The first kappa shape index (κ1) is 15.5. The first-order valence-corrected chi connectivity index (χ1v) is 8.36. The number of halogens is 3. The van der Waals surface area contributed by atoms with Gasteiger partial charge in [-0.1, -0.05) is 23.8 Å². The maximum atomic E-state index is 14.0. The molecule has 0 saturated carbocycles. The van der Waals surface area contributed by atoms with Crippen LogP contribution in [0, 0.1) is 25.0 Å². The number of nitrogens with zero attached hydrogens (tertiary/aromatic N) is 1. The van der Waals surface area contributed by atoms with Crippen molar-refractivity contribution in [2.24, 2.45) is 0 Å². The Morgan fingerprint density at radius 3 is 2.77 bits per heavy atom. The van der Waals surface area contributed by atoms with E-state index >= 15 is 0 Å². The van der Waals surface area contributed by atoms with E-state index in [0.29, 0.717) is 11.3 Å². The molecule has 0 atom stereocenters. The number of pyridine rings is 1. The second-order valence-corrected chi connectivity index (χ2v) is 6.23. The van der Waals surface area contributed by atoms with E-state index in [2.05, 4.69) is 11.1 Å². The van der Waals surface area contributed by atoms with Gasteiger partial charge in [0.1, 0.15) is 11.6 Å². The molecule has 1 aliphatic rings. The van der Waals surface area contributed by atoms with Crippen LogP contribution in [-0.4, -0.2) is 11.2 Å². The lowest BCUT2D eigenvalue weighted by Gasteiger charge is -2.17. The summed E-state index contributed by atoms with van der Waals surface area (Å²) in [4.78, 5) is 5.56. The number of hydrogen-bond acceptors (Lipinski definition) is 2. The number of aromatic nitrogens is 1. The van der Waals surface area contributed by atoms with Crippen LogP contribution in [0.25, 0.3) is 16.5 Å². The van der Waals surface area contributed by atoms with E-state index in [4.69, 9.17) is 11.6 Å².